The summed E-state index contributed by atoms with van der Waals surface area (Å²) < 4.78 is 83.2. The van der Waals surface area contributed by atoms with Gasteiger partial charge in [-0.25, -0.2) is 0 Å². The van der Waals surface area contributed by atoms with Crippen LogP contribution in [0.5, 0.6) is 0 Å². The monoisotopic (exact) mass is 191 g/mol. The van der Waals surface area contributed by atoms with E-state index < -0.39 is 31.8 Å². The Balaban J connectivity index is 3.55. The van der Waals surface area contributed by atoms with Gasteiger partial charge in [0, 0.05) is 14.8 Å². The molecule has 2 N–H and O–H groups in total. The fourth-order valence-corrected chi connectivity index (χ4v) is 0.775. The molecule has 2 nitrogen and oxygen atoms in total. The third kappa shape index (κ3) is 3.57. The summed E-state index contributed by atoms with van der Waals surface area (Å²) in [6, 6.07) is 6.71. The molecule has 1 aromatic carbocycles. The summed E-state index contributed by atoms with van der Waals surface area (Å²) in [7, 11) is 0. The van der Waals surface area contributed by atoms with Gasteiger partial charge in [0.15, 0.2) is 0 Å². The van der Waals surface area contributed by atoms with Crippen LogP contribution in [0.15, 0.2) is 30.3 Å². The van der Waals surface area contributed by atoms with Crippen LogP contribution in [0.2, 0.25) is 0 Å². The van der Waals surface area contributed by atoms with Crippen molar-refractivity contribution in [3.63, 3.8) is 0 Å². The molecule has 1 rings (SSSR count). The van der Waals surface area contributed by atoms with Crippen LogP contribution in [0.3, 0.4) is 0 Å². The van der Waals surface area contributed by atoms with Crippen LogP contribution in [-0.4, -0.2) is 19.6 Å². The molecule has 0 radical (unpaired) electrons. The quantitative estimate of drug-likeness (QED) is 0.691. The molecule has 1 unspecified atom stereocenters. The molecule has 13 heavy (non-hydrogen) atoms. The highest BCUT2D eigenvalue weighted by Gasteiger charge is 2.05. The highest BCUT2D eigenvalue weighted by Crippen LogP contribution is 2.17. The molecule has 0 heterocycles. The van der Waals surface area contributed by atoms with E-state index in [1.807, 2.05) is 0 Å². The van der Waals surface area contributed by atoms with Gasteiger partial charge in [0.25, 0.3) is 0 Å². The van der Waals surface area contributed by atoms with Crippen molar-refractivity contribution in [3.05, 3.63) is 35.9 Å². The van der Waals surface area contributed by atoms with Crippen LogP contribution in [0, 0.1) is 0 Å². The fourth-order valence-electron chi connectivity index (χ4n) is 0.775. The first-order valence-electron chi connectivity index (χ1n) is 8.89. The molecular formula is C11H16O2. The number of hydrogen-bond donors (Lipinski definition) is 2. The van der Waals surface area contributed by atoms with Crippen molar-refractivity contribution >= 4 is 0 Å². The molecule has 2 heteroatoms. The molecule has 0 aliphatic rings. The second-order valence-electron chi connectivity index (χ2n) is 2.17. The molecule has 0 aliphatic carbocycles. The topological polar surface area (TPSA) is 40.5 Å². The maximum absolute atomic E-state index is 8.11. The van der Waals surface area contributed by atoms with Crippen LogP contribution < -0.4 is 0 Å². The van der Waals surface area contributed by atoms with Gasteiger partial charge < -0.3 is 10.2 Å². The minimum absolute atomic E-state index is 0.267. The molecule has 1 atom stereocenters. The van der Waals surface area contributed by atoms with Crippen LogP contribution in [-0.2, 0) is 0 Å². The van der Waals surface area contributed by atoms with Gasteiger partial charge in [-0.1, -0.05) is 30.3 Å². The Kier molecular flexibility index (Phi) is 1.24. The summed E-state index contributed by atoms with van der Waals surface area (Å²) in [5, 5.41) is 7.73. The van der Waals surface area contributed by atoms with Gasteiger partial charge in [-0.05, 0) is 24.7 Å². The van der Waals surface area contributed by atoms with Gasteiger partial charge in [0.2, 0.25) is 2.86 Å². The lowest BCUT2D eigenvalue weighted by molar-refractivity contribution is 0.159. The van der Waals surface area contributed by atoms with E-state index in [0.717, 1.165) is 0 Å². The zero-order chi connectivity index (χ0) is 19.0. The summed E-state index contributed by atoms with van der Waals surface area (Å²) >= 11 is 0. The van der Waals surface area contributed by atoms with Crippen LogP contribution in [0.4, 0.5) is 0 Å². The van der Waals surface area contributed by atoms with Gasteiger partial charge in [0.1, 0.15) is 0 Å². The van der Waals surface area contributed by atoms with Crippen molar-refractivity contribution in [1.29, 1.82) is 2.86 Å². The lowest BCUT2D eigenvalue weighted by Gasteiger charge is -2.09. The highest BCUT2D eigenvalue weighted by molar-refractivity contribution is 5.16. The predicted octanol–water partition coefficient (Wildman–Crippen LogP) is 1.88. The first-order chi connectivity index (χ1) is 10.7. The summed E-state index contributed by atoms with van der Waals surface area (Å²) in [5.74, 6) is 0. The van der Waals surface area contributed by atoms with Crippen LogP contribution in [0.1, 0.15) is 43.1 Å². The molecule has 0 fully saturated rings. The summed E-state index contributed by atoms with van der Waals surface area (Å²) in [6.45, 7) is -3.52. The first kappa shape index (κ1) is 2.81. The Hall–Kier alpha value is -0.860. The molecule has 0 saturated carbocycles. The SMILES string of the molecule is [2H]OC([2H])([2H])C([2H])([2H])C([2H])([2H])C([2H])([2H])C([2H])(O[2H])c1ccccc1. The van der Waals surface area contributed by atoms with Crippen molar-refractivity contribution < 1.29 is 22.6 Å². The maximum Gasteiger partial charge on any atom is 0.211 e. The molecule has 0 aromatic heterocycles. The summed E-state index contributed by atoms with van der Waals surface area (Å²) in [6.07, 6.45) is -14.0. The third-order valence-electron chi connectivity index (χ3n) is 1.33. The Morgan fingerprint density at radius 3 is 2.92 bits per heavy atom. The second kappa shape index (κ2) is 5.73. The van der Waals surface area contributed by atoms with E-state index in [1.165, 1.54) is 30.3 Å². The van der Waals surface area contributed by atoms with Gasteiger partial charge in [-0.3, -0.25) is 0 Å². The fraction of sp³-hybridized carbons (Fsp3) is 0.455. The van der Waals surface area contributed by atoms with E-state index in [1.54, 1.807) is 0 Å². The van der Waals surface area contributed by atoms with E-state index in [2.05, 4.69) is 10.2 Å². The average Bonchev–Trinajstić information content (AvgIpc) is 2.54. The molecule has 0 bridgehead atoms. The molecule has 0 spiro atoms. The van der Waals surface area contributed by atoms with Gasteiger partial charge >= 0.3 is 0 Å². The van der Waals surface area contributed by atoms with E-state index >= 15 is 0 Å². The number of hydrogen-bond acceptors (Lipinski definition) is 2. The lowest BCUT2D eigenvalue weighted by atomic mass is 10.0. The van der Waals surface area contributed by atoms with Crippen molar-refractivity contribution in [2.45, 2.75) is 25.2 Å². The summed E-state index contributed by atoms with van der Waals surface area (Å²) in [4.78, 5) is 0. The largest absolute Gasteiger partial charge is 0.396 e. The Morgan fingerprint density at radius 1 is 1.38 bits per heavy atom. The van der Waals surface area contributed by atoms with Crippen molar-refractivity contribution in [2.24, 2.45) is 0 Å². The molecule has 0 amide bonds. The normalized spacial score (nSPS) is 31.8. The summed E-state index contributed by atoms with van der Waals surface area (Å²) in [5.41, 5.74) is -0.267. The molecular weight excluding hydrogens is 164 g/mol. The van der Waals surface area contributed by atoms with Crippen molar-refractivity contribution in [2.75, 3.05) is 6.56 Å². The van der Waals surface area contributed by atoms with Gasteiger partial charge in [0.05, 0.1) is 10.2 Å². The Morgan fingerprint density at radius 2 is 2.23 bits per heavy atom. The smallest absolute Gasteiger partial charge is 0.211 e. The predicted molar refractivity (Wildman–Crippen MR) is 52.3 cm³/mol. The van der Waals surface area contributed by atoms with E-state index in [4.69, 9.17) is 15.2 Å². The minimum Gasteiger partial charge on any atom is -0.396 e. The zero-order valence-corrected chi connectivity index (χ0v) is 6.70. The van der Waals surface area contributed by atoms with E-state index in [-0.39, 0.29) is 5.56 Å². The van der Waals surface area contributed by atoms with Gasteiger partial charge in [-0.15, -0.1) is 0 Å². The Bertz CT molecular complexity index is 562. The molecule has 1 aromatic rings. The maximum atomic E-state index is 8.11. The Labute approximate surface area is 94.5 Å². The second-order valence-corrected chi connectivity index (χ2v) is 2.17. The average molecular weight is 191 g/mol. The number of rotatable bonds is 7. The van der Waals surface area contributed by atoms with Crippen LogP contribution in [0.25, 0.3) is 0 Å². The van der Waals surface area contributed by atoms with E-state index in [0.29, 0.717) is 0 Å². The number of benzene rings is 1. The van der Waals surface area contributed by atoms with E-state index in [9.17, 15) is 0 Å². The van der Waals surface area contributed by atoms with Crippen molar-refractivity contribution in [3.8, 4) is 0 Å². The minimum atomic E-state index is -3.72. The van der Waals surface area contributed by atoms with Crippen LogP contribution >= 0.6 is 0 Å². The standard InChI is InChI=1S/C11H16O2/c12-9-5-4-8-11(13)10-6-2-1-3-7-10/h1-3,6-7,11-13H,4-5,8-9H2/i4D2,5D2,8D2,9D2,11D,12D,13D. The van der Waals surface area contributed by atoms with Gasteiger partial charge in [-0.2, -0.15) is 0 Å². The molecule has 0 aliphatic heterocycles. The first-order valence-corrected chi connectivity index (χ1v) is 3.57. The third-order valence-corrected chi connectivity index (χ3v) is 1.33. The molecule has 72 valence electrons. The highest BCUT2D eigenvalue weighted by atomic mass is 16.3. The molecule has 0 saturated heterocycles. The number of aliphatic hydroxyl groups is 2. The van der Waals surface area contributed by atoms with Crippen molar-refractivity contribution in [1.82, 2.24) is 0 Å². The lowest BCUT2D eigenvalue weighted by Crippen LogP contribution is -1.97. The zero-order valence-electron chi connectivity index (χ0n) is 17.7.